The molecule has 26 heavy (non-hydrogen) atoms. The molecule has 0 radical (unpaired) electrons. The number of nitrogens with one attached hydrogen (secondary N) is 3. The Hall–Kier alpha value is -2.71. The largest absolute Gasteiger partial charge is 0.324 e. The highest BCUT2D eigenvalue weighted by Crippen LogP contribution is 2.16. The van der Waals surface area contributed by atoms with Gasteiger partial charge in [-0.05, 0) is 43.2 Å². The Morgan fingerprint density at radius 2 is 1.92 bits per heavy atom. The summed E-state index contributed by atoms with van der Waals surface area (Å²) in [7, 11) is -3.66. The second-order valence-electron chi connectivity index (χ2n) is 6.07. The number of fused-ring (bicyclic) bond motifs is 1. The molecule has 0 spiro atoms. The molecule has 0 aliphatic carbocycles. The zero-order chi connectivity index (χ0) is 18.7. The maximum atomic E-state index is 12.4. The molecular formula is C18H20N4O3S. The molecule has 0 unspecified atom stereocenters. The molecule has 2 aromatic carbocycles. The molecule has 0 fully saturated rings. The number of amides is 1. The number of sulfonamides is 1. The van der Waals surface area contributed by atoms with E-state index in [1.54, 1.807) is 19.1 Å². The van der Waals surface area contributed by atoms with Crippen LogP contribution in [-0.4, -0.2) is 30.8 Å². The number of para-hydroxylation sites is 2. The van der Waals surface area contributed by atoms with Crippen LogP contribution in [0.5, 0.6) is 0 Å². The first-order valence-corrected chi connectivity index (χ1v) is 9.65. The monoisotopic (exact) mass is 372 g/mol. The van der Waals surface area contributed by atoms with E-state index in [4.69, 9.17) is 0 Å². The van der Waals surface area contributed by atoms with Gasteiger partial charge >= 0.3 is 0 Å². The first-order chi connectivity index (χ1) is 12.3. The van der Waals surface area contributed by atoms with Crippen LogP contribution in [0.25, 0.3) is 11.0 Å². The van der Waals surface area contributed by atoms with E-state index in [1.165, 1.54) is 0 Å². The molecule has 3 rings (SSSR count). The molecule has 8 heteroatoms. The van der Waals surface area contributed by atoms with Crippen LogP contribution in [0.2, 0.25) is 0 Å². The average molecular weight is 372 g/mol. The summed E-state index contributed by atoms with van der Waals surface area (Å²) < 4.78 is 27.3. The number of imidazole rings is 1. The second kappa shape index (κ2) is 7.27. The van der Waals surface area contributed by atoms with Crippen LogP contribution in [0.15, 0.2) is 47.4 Å². The van der Waals surface area contributed by atoms with Gasteiger partial charge in [-0.25, -0.2) is 18.1 Å². The first-order valence-electron chi connectivity index (χ1n) is 8.17. The van der Waals surface area contributed by atoms with Crippen molar-refractivity contribution in [1.29, 1.82) is 0 Å². The molecule has 136 valence electrons. The smallest absolute Gasteiger partial charge is 0.240 e. The molecular weight excluding hydrogens is 352 g/mol. The summed E-state index contributed by atoms with van der Waals surface area (Å²) >= 11 is 0. The van der Waals surface area contributed by atoms with Gasteiger partial charge in [-0.2, -0.15) is 0 Å². The number of benzene rings is 2. The minimum Gasteiger partial charge on any atom is -0.324 e. The molecule has 1 heterocycles. The fraction of sp³-hybridized carbons (Fsp3) is 0.222. The van der Waals surface area contributed by atoms with E-state index >= 15 is 0 Å². The van der Waals surface area contributed by atoms with E-state index in [9.17, 15) is 13.2 Å². The van der Waals surface area contributed by atoms with Crippen molar-refractivity contribution in [3.63, 3.8) is 0 Å². The molecule has 3 aromatic rings. The van der Waals surface area contributed by atoms with Gasteiger partial charge in [0, 0.05) is 13.0 Å². The number of aryl methyl sites for hydroxylation is 2. The van der Waals surface area contributed by atoms with Crippen LogP contribution < -0.4 is 10.0 Å². The minimum atomic E-state index is -3.66. The standard InChI is InChI=1S/C18H20N4O3S/c1-12-7-8-13(2)16(11-12)26(24,25)19-10-9-17(23)22-18-20-14-5-3-4-6-15(14)21-18/h3-8,11,19H,9-10H2,1-2H3,(H2,20,21,22,23). The number of hydrogen-bond acceptors (Lipinski definition) is 4. The normalized spacial score (nSPS) is 11.6. The van der Waals surface area contributed by atoms with Crippen molar-refractivity contribution in [3.05, 3.63) is 53.6 Å². The van der Waals surface area contributed by atoms with Gasteiger partial charge in [-0.1, -0.05) is 24.3 Å². The number of anilines is 1. The van der Waals surface area contributed by atoms with Crippen LogP contribution in [0.3, 0.4) is 0 Å². The lowest BCUT2D eigenvalue weighted by molar-refractivity contribution is -0.116. The Balaban J connectivity index is 1.58. The van der Waals surface area contributed by atoms with Gasteiger partial charge in [-0.3, -0.25) is 10.1 Å². The average Bonchev–Trinajstić information content (AvgIpc) is 2.98. The maximum Gasteiger partial charge on any atom is 0.240 e. The highest BCUT2D eigenvalue weighted by molar-refractivity contribution is 7.89. The number of rotatable bonds is 6. The first kappa shape index (κ1) is 18.1. The summed E-state index contributed by atoms with van der Waals surface area (Å²) in [4.78, 5) is 19.5. The van der Waals surface area contributed by atoms with E-state index in [-0.39, 0.29) is 23.8 Å². The van der Waals surface area contributed by atoms with Gasteiger partial charge in [0.2, 0.25) is 21.9 Å². The van der Waals surface area contributed by atoms with Crippen LogP contribution in [0, 0.1) is 13.8 Å². The van der Waals surface area contributed by atoms with Crippen LogP contribution in [0.4, 0.5) is 5.95 Å². The lowest BCUT2D eigenvalue weighted by Crippen LogP contribution is -2.28. The third-order valence-electron chi connectivity index (χ3n) is 3.92. The van der Waals surface area contributed by atoms with Crippen LogP contribution in [0.1, 0.15) is 17.5 Å². The third kappa shape index (κ3) is 4.09. The molecule has 0 atom stereocenters. The predicted molar refractivity (Wildman–Crippen MR) is 100 cm³/mol. The Morgan fingerprint density at radius 1 is 1.15 bits per heavy atom. The molecule has 0 bridgehead atoms. The van der Waals surface area contributed by atoms with E-state index < -0.39 is 10.0 Å². The molecule has 1 aromatic heterocycles. The van der Waals surface area contributed by atoms with Crippen molar-refractivity contribution < 1.29 is 13.2 Å². The lowest BCUT2D eigenvalue weighted by atomic mass is 10.2. The van der Waals surface area contributed by atoms with Crippen molar-refractivity contribution in [1.82, 2.24) is 14.7 Å². The number of nitrogens with zero attached hydrogens (tertiary/aromatic N) is 1. The van der Waals surface area contributed by atoms with Crippen LogP contribution >= 0.6 is 0 Å². The summed E-state index contributed by atoms with van der Waals surface area (Å²) in [5.41, 5.74) is 3.09. The molecule has 3 N–H and O–H groups in total. The predicted octanol–water partition coefficient (Wildman–Crippen LogP) is 2.49. The third-order valence-corrected chi connectivity index (χ3v) is 5.53. The van der Waals surface area contributed by atoms with Gasteiger partial charge in [0.05, 0.1) is 15.9 Å². The molecule has 1 amide bonds. The second-order valence-corrected chi connectivity index (χ2v) is 7.80. The van der Waals surface area contributed by atoms with Crippen molar-refractivity contribution in [2.24, 2.45) is 0 Å². The SMILES string of the molecule is Cc1ccc(C)c(S(=O)(=O)NCCC(=O)Nc2nc3ccccc3[nH]2)c1. The van der Waals surface area contributed by atoms with E-state index in [2.05, 4.69) is 20.0 Å². The number of carbonyl (C=O) groups is 1. The van der Waals surface area contributed by atoms with Gasteiger partial charge in [0.1, 0.15) is 0 Å². The molecule has 0 saturated heterocycles. The number of aromatic amines is 1. The summed E-state index contributed by atoms with van der Waals surface area (Å²) in [6.07, 6.45) is 0.00113. The van der Waals surface area contributed by atoms with Gasteiger partial charge in [0.25, 0.3) is 0 Å². The van der Waals surface area contributed by atoms with Gasteiger partial charge in [-0.15, -0.1) is 0 Å². The summed E-state index contributed by atoms with van der Waals surface area (Å²) in [5, 5.41) is 2.64. The van der Waals surface area contributed by atoms with Crippen molar-refractivity contribution in [2.75, 3.05) is 11.9 Å². The Morgan fingerprint density at radius 3 is 2.69 bits per heavy atom. The minimum absolute atomic E-state index is 0.00113. The van der Waals surface area contributed by atoms with Gasteiger partial charge < -0.3 is 4.98 Å². The lowest BCUT2D eigenvalue weighted by Gasteiger charge is -2.10. The van der Waals surface area contributed by atoms with E-state index in [0.29, 0.717) is 11.5 Å². The Kier molecular flexibility index (Phi) is 5.06. The molecule has 0 saturated carbocycles. The fourth-order valence-corrected chi connectivity index (χ4v) is 3.94. The Labute approximate surface area is 151 Å². The number of H-pyrrole nitrogens is 1. The van der Waals surface area contributed by atoms with Gasteiger partial charge in [0.15, 0.2) is 0 Å². The topological polar surface area (TPSA) is 104 Å². The van der Waals surface area contributed by atoms with Crippen molar-refractivity contribution >= 4 is 32.9 Å². The van der Waals surface area contributed by atoms with E-state index in [0.717, 1.165) is 16.6 Å². The molecule has 0 aliphatic rings. The van der Waals surface area contributed by atoms with Crippen molar-refractivity contribution in [2.45, 2.75) is 25.2 Å². The zero-order valence-corrected chi connectivity index (χ0v) is 15.4. The number of hydrogen-bond donors (Lipinski definition) is 3. The summed E-state index contributed by atoms with van der Waals surface area (Å²) in [5.74, 6) is 0.0151. The zero-order valence-electron chi connectivity index (χ0n) is 14.5. The maximum absolute atomic E-state index is 12.4. The molecule has 0 aliphatic heterocycles. The highest BCUT2D eigenvalue weighted by atomic mass is 32.2. The highest BCUT2D eigenvalue weighted by Gasteiger charge is 2.17. The molecule has 7 nitrogen and oxygen atoms in total. The summed E-state index contributed by atoms with van der Waals surface area (Å²) in [6.45, 7) is 3.57. The van der Waals surface area contributed by atoms with Crippen molar-refractivity contribution in [3.8, 4) is 0 Å². The Bertz CT molecular complexity index is 1020. The number of carbonyl (C=O) groups excluding carboxylic acids is 1. The summed E-state index contributed by atoms with van der Waals surface area (Å²) in [6, 6.07) is 12.7. The quantitative estimate of drug-likeness (QED) is 0.618. The van der Waals surface area contributed by atoms with E-state index in [1.807, 2.05) is 37.3 Å². The van der Waals surface area contributed by atoms with Crippen LogP contribution in [-0.2, 0) is 14.8 Å². The fourth-order valence-electron chi connectivity index (χ4n) is 2.58. The number of aromatic nitrogens is 2.